The van der Waals surface area contributed by atoms with E-state index in [0.717, 1.165) is 135 Å². The largest absolute Gasteiger partial charge is 0.479 e. The Labute approximate surface area is 442 Å². The number of ether oxygens (including phenoxy) is 5. The highest BCUT2D eigenvalue weighted by Crippen LogP contribution is 2.26. The van der Waals surface area contributed by atoms with Crippen molar-refractivity contribution in [1.82, 2.24) is 0 Å². The van der Waals surface area contributed by atoms with Crippen molar-refractivity contribution in [2.24, 2.45) is 0 Å². The zero-order valence-electron chi connectivity index (χ0n) is 45.9. The van der Waals surface area contributed by atoms with Crippen LogP contribution in [0.4, 0.5) is 0 Å². The van der Waals surface area contributed by atoms with Crippen LogP contribution in [0, 0.1) is 0 Å². The Kier molecular flexibility index (Phi) is 45.1. The number of allylic oxidation sites excluding steroid dienone is 12. The van der Waals surface area contributed by atoms with Crippen LogP contribution in [0.1, 0.15) is 239 Å². The highest BCUT2D eigenvalue weighted by molar-refractivity contribution is 5.74. The minimum atomic E-state index is -1.91. The van der Waals surface area contributed by atoms with Crippen LogP contribution in [-0.4, -0.2) is 89.2 Å². The fourth-order valence-corrected chi connectivity index (χ4v) is 8.29. The van der Waals surface area contributed by atoms with Crippen molar-refractivity contribution in [2.45, 2.75) is 276 Å². The van der Waals surface area contributed by atoms with Crippen molar-refractivity contribution in [2.75, 3.05) is 13.2 Å². The van der Waals surface area contributed by atoms with E-state index in [1.165, 1.54) is 44.9 Å². The molecular formula is C61H102O12. The van der Waals surface area contributed by atoms with Gasteiger partial charge in [-0.1, -0.05) is 184 Å². The Morgan fingerprint density at radius 1 is 0.466 bits per heavy atom. The molecule has 0 aromatic carbocycles. The molecule has 1 heterocycles. The van der Waals surface area contributed by atoms with Gasteiger partial charge in [0.05, 0.1) is 6.61 Å². The molecule has 73 heavy (non-hydrogen) atoms. The number of hydrogen-bond acceptors (Lipinski definition) is 11. The number of aliphatic carboxylic acids is 1. The van der Waals surface area contributed by atoms with E-state index >= 15 is 0 Å². The van der Waals surface area contributed by atoms with Crippen LogP contribution >= 0.6 is 0 Å². The molecular weight excluding hydrogens is 925 g/mol. The number of aliphatic hydroxyl groups is 2. The first-order valence-corrected chi connectivity index (χ1v) is 28.9. The Morgan fingerprint density at radius 3 is 1.36 bits per heavy atom. The van der Waals surface area contributed by atoms with Gasteiger partial charge in [-0.25, -0.2) is 4.79 Å². The molecule has 418 valence electrons. The zero-order valence-corrected chi connectivity index (χ0v) is 45.9. The smallest absolute Gasteiger partial charge is 0.335 e. The zero-order chi connectivity index (χ0) is 53.3. The number of aliphatic hydroxyl groups excluding tert-OH is 2. The van der Waals surface area contributed by atoms with E-state index < -0.39 is 67.3 Å². The van der Waals surface area contributed by atoms with Gasteiger partial charge in [0.15, 0.2) is 24.6 Å². The molecule has 1 aliphatic rings. The van der Waals surface area contributed by atoms with Crippen molar-refractivity contribution in [3.8, 4) is 0 Å². The van der Waals surface area contributed by atoms with Crippen molar-refractivity contribution in [1.29, 1.82) is 0 Å². The maximum absolute atomic E-state index is 13.1. The molecule has 3 N–H and O–H groups in total. The molecule has 12 nitrogen and oxygen atoms in total. The molecule has 1 rings (SSSR count). The molecule has 0 spiro atoms. The van der Waals surface area contributed by atoms with Crippen LogP contribution in [-0.2, 0) is 42.9 Å². The van der Waals surface area contributed by atoms with Gasteiger partial charge < -0.3 is 39.0 Å². The maximum Gasteiger partial charge on any atom is 0.335 e. The molecule has 6 atom stereocenters. The van der Waals surface area contributed by atoms with Crippen LogP contribution in [0.25, 0.3) is 0 Å². The summed E-state index contributed by atoms with van der Waals surface area (Å²) in [6, 6.07) is 0. The van der Waals surface area contributed by atoms with E-state index in [-0.39, 0.29) is 25.9 Å². The minimum absolute atomic E-state index is 0.0402. The van der Waals surface area contributed by atoms with Gasteiger partial charge in [0.25, 0.3) is 0 Å². The third-order valence-corrected chi connectivity index (χ3v) is 12.7. The van der Waals surface area contributed by atoms with Crippen molar-refractivity contribution >= 4 is 23.9 Å². The minimum Gasteiger partial charge on any atom is -0.479 e. The first-order chi connectivity index (χ1) is 35.6. The predicted molar refractivity (Wildman–Crippen MR) is 294 cm³/mol. The van der Waals surface area contributed by atoms with Crippen molar-refractivity contribution in [3.05, 3.63) is 72.9 Å². The topological polar surface area (TPSA) is 175 Å². The molecule has 6 unspecified atom stereocenters. The fourth-order valence-electron chi connectivity index (χ4n) is 8.29. The first-order valence-electron chi connectivity index (χ1n) is 28.9. The Bertz CT molecular complexity index is 1550. The van der Waals surface area contributed by atoms with Crippen LogP contribution in [0.15, 0.2) is 72.9 Å². The summed E-state index contributed by atoms with van der Waals surface area (Å²) >= 11 is 0. The lowest BCUT2D eigenvalue weighted by molar-refractivity contribution is -0.301. The van der Waals surface area contributed by atoms with E-state index in [4.69, 9.17) is 23.7 Å². The van der Waals surface area contributed by atoms with Gasteiger partial charge in [-0.2, -0.15) is 0 Å². The summed E-state index contributed by atoms with van der Waals surface area (Å²) in [6.07, 6.45) is 48.7. The van der Waals surface area contributed by atoms with E-state index in [2.05, 4.69) is 93.7 Å². The van der Waals surface area contributed by atoms with Crippen LogP contribution in [0.2, 0.25) is 0 Å². The number of hydrogen-bond donors (Lipinski definition) is 3. The maximum atomic E-state index is 13.1. The number of carboxylic acid groups (broad SMARTS) is 1. The number of esters is 3. The van der Waals surface area contributed by atoms with Crippen molar-refractivity contribution in [3.63, 3.8) is 0 Å². The Hall–Kier alpha value is -3.84. The lowest BCUT2D eigenvalue weighted by Gasteiger charge is -2.40. The summed E-state index contributed by atoms with van der Waals surface area (Å²) in [5.74, 6) is -3.17. The van der Waals surface area contributed by atoms with Gasteiger partial charge >= 0.3 is 23.9 Å². The summed E-state index contributed by atoms with van der Waals surface area (Å²) in [6.45, 7) is 5.80. The average Bonchev–Trinajstić information content (AvgIpc) is 3.37. The van der Waals surface area contributed by atoms with E-state index in [0.29, 0.717) is 19.3 Å². The SMILES string of the molecule is CC/C=C\C/C=C\C/C=C\CCCCCCCC(=O)OCC(COC1OC(C(=O)O)C(O)C(O)C1OC(=O)CCCCCCC/C=C\C/C=C\CCCCC)OC(=O)CCCCCCC/C=C\CCCCCC. The molecule has 0 amide bonds. The Balaban J connectivity index is 2.73. The molecule has 0 aromatic rings. The molecule has 0 saturated carbocycles. The summed E-state index contributed by atoms with van der Waals surface area (Å²) in [5, 5.41) is 31.4. The lowest BCUT2D eigenvalue weighted by Crippen LogP contribution is -2.61. The average molecular weight is 1030 g/mol. The highest BCUT2D eigenvalue weighted by atomic mass is 16.7. The molecule has 1 fully saturated rings. The van der Waals surface area contributed by atoms with Crippen LogP contribution < -0.4 is 0 Å². The van der Waals surface area contributed by atoms with E-state index in [1.54, 1.807) is 0 Å². The monoisotopic (exact) mass is 1030 g/mol. The van der Waals surface area contributed by atoms with Crippen LogP contribution in [0.5, 0.6) is 0 Å². The second-order valence-electron chi connectivity index (χ2n) is 19.5. The summed E-state index contributed by atoms with van der Waals surface area (Å²) in [5.41, 5.74) is 0. The van der Waals surface area contributed by atoms with Gasteiger partial charge in [0, 0.05) is 19.3 Å². The molecule has 0 aromatic heterocycles. The van der Waals surface area contributed by atoms with E-state index in [1.807, 2.05) is 0 Å². The number of carbonyl (C=O) groups is 4. The van der Waals surface area contributed by atoms with Gasteiger partial charge in [0.1, 0.15) is 18.8 Å². The second kappa shape index (κ2) is 49.1. The number of rotatable bonds is 48. The highest BCUT2D eigenvalue weighted by Gasteiger charge is 2.50. The molecule has 1 saturated heterocycles. The first kappa shape index (κ1) is 67.2. The van der Waals surface area contributed by atoms with Gasteiger partial charge in [0.2, 0.25) is 0 Å². The molecule has 1 aliphatic heterocycles. The summed E-state index contributed by atoms with van der Waals surface area (Å²) in [4.78, 5) is 51.0. The Morgan fingerprint density at radius 2 is 0.863 bits per heavy atom. The van der Waals surface area contributed by atoms with E-state index in [9.17, 15) is 34.5 Å². The summed E-state index contributed by atoms with van der Waals surface area (Å²) in [7, 11) is 0. The van der Waals surface area contributed by atoms with Gasteiger partial charge in [-0.15, -0.1) is 0 Å². The number of carboxylic acids is 1. The number of carbonyl (C=O) groups excluding carboxylic acids is 3. The third-order valence-electron chi connectivity index (χ3n) is 12.7. The lowest BCUT2D eigenvalue weighted by atomic mass is 9.98. The standard InChI is InChI=1S/C61H102O12/c1-4-7-10-13-16-19-22-25-27-30-32-35-38-41-44-47-53(62)69-50-52(71-54(63)48-45-42-39-36-33-29-24-21-18-15-12-9-6-3)51-70-61-59(57(66)56(65)58(73-61)60(67)68)72-55(64)49-46-43-40-37-34-31-28-26-23-20-17-14-11-8-5-2/h7,10,16-17,19-21,24-28,52,56-59,61,65-66H,4-6,8-9,11-15,18,22-23,29-51H2,1-3H3,(H,67,68)/b10-7-,19-16-,20-17-,24-21-,27-25-,28-26-. The fraction of sp³-hybridized carbons (Fsp3) is 0.738. The molecule has 0 bridgehead atoms. The quantitative estimate of drug-likeness (QED) is 0.0228. The van der Waals surface area contributed by atoms with Crippen molar-refractivity contribution < 1.29 is 58.2 Å². The molecule has 0 aliphatic carbocycles. The van der Waals surface area contributed by atoms with Gasteiger partial charge in [-0.3, -0.25) is 14.4 Å². The summed E-state index contributed by atoms with van der Waals surface area (Å²) < 4.78 is 28.4. The molecule has 12 heteroatoms. The van der Waals surface area contributed by atoms with Gasteiger partial charge in [-0.05, 0) is 109 Å². The molecule has 0 radical (unpaired) electrons. The number of unbranched alkanes of at least 4 members (excludes halogenated alkanes) is 22. The second-order valence-corrected chi connectivity index (χ2v) is 19.5. The van der Waals surface area contributed by atoms with Crippen LogP contribution in [0.3, 0.4) is 0 Å². The predicted octanol–water partition coefficient (Wildman–Crippen LogP) is 14.6. The third kappa shape index (κ3) is 39.3. The normalized spacial score (nSPS) is 18.8.